The molecular weight excluding hydrogens is 280 g/mol. The number of aliphatic hydroxyl groups is 1. The first-order valence-electron chi connectivity index (χ1n) is 8.75. The molecular formula is C22H28O. The highest BCUT2D eigenvalue weighted by molar-refractivity contribution is 5.86. The highest BCUT2D eigenvalue weighted by Gasteiger charge is 2.03. The molecule has 0 saturated heterocycles. The Labute approximate surface area is 140 Å². The Hall–Kier alpha value is -2.02. The summed E-state index contributed by atoms with van der Waals surface area (Å²) in [6.07, 6.45) is 9.92. The molecule has 1 heteroatoms. The summed E-state index contributed by atoms with van der Waals surface area (Å²) in [7, 11) is 0. The lowest BCUT2D eigenvalue weighted by molar-refractivity contribution is 0.383. The van der Waals surface area contributed by atoms with Crippen molar-refractivity contribution in [2.75, 3.05) is 0 Å². The van der Waals surface area contributed by atoms with E-state index in [9.17, 15) is 0 Å². The van der Waals surface area contributed by atoms with Crippen molar-refractivity contribution >= 4 is 16.3 Å². The highest BCUT2D eigenvalue weighted by atomic mass is 16.3. The number of rotatable bonds is 9. The molecule has 0 bridgehead atoms. The van der Waals surface area contributed by atoms with E-state index in [1.54, 1.807) is 0 Å². The van der Waals surface area contributed by atoms with Crippen molar-refractivity contribution in [3.05, 3.63) is 66.4 Å². The van der Waals surface area contributed by atoms with Crippen molar-refractivity contribution in [3.63, 3.8) is 0 Å². The molecule has 0 unspecified atom stereocenters. The molecule has 0 radical (unpaired) electrons. The fourth-order valence-electron chi connectivity index (χ4n) is 3.00. The number of unbranched alkanes of at least 4 members (excludes halogenated alkanes) is 3. The maximum absolute atomic E-state index is 9.10. The van der Waals surface area contributed by atoms with E-state index in [0.717, 1.165) is 32.1 Å². The van der Waals surface area contributed by atoms with Crippen molar-refractivity contribution in [1.29, 1.82) is 0 Å². The molecule has 0 aliphatic carbocycles. The standard InChI is InChI=1S/C22H28O/c1-3-10-19(12-7-5-4-6-11-18(2)23)22-16-15-20-13-8-9-14-21(20)17-22/h8-10,13-17,23H,2-7,11-12H2,1H3/b19-10-. The van der Waals surface area contributed by atoms with Crippen LogP contribution in [0.3, 0.4) is 0 Å². The average Bonchev–Trinajstić information content (AvgIpc) is 2.56. The third kappa shape index (κ3) is 5.59. The van der Waals surface area contributed by atoms with E-state index < -0.39 is 0 Å². The Morgan fingerprint density at radius 2 is 1.65 bits per heavy atom. The Morgan fingerprint density at radius 1 is 0.957 bits per heavy atom. The van der Waals surface area contributed by atoms with Crippen molar-refractivity contribution in [3.8, 4) is 0 Å². The normalized spacial score (nSPS) is 11.8. The Bertz CT molecular complexity index is 666. The molecule has 0 aliphatic heterocycles. The molecule has 0 amide bonds. The number of benzene rings is 2. The SMILES string of the molecule is C=C(O)CCCCCC/C(=C/CC)c1ccc2ccccc2c1. The monoisotopic (exact) mass is 308 g/mol. The summed E-state index contributed by atoms with van der Waals surface area (Å²) in [5.41, 5.74) is 2.82. The van der Waals surface area contributed by atoms with E-state index >= 15 is 0 Å². The van der Waals surface area contributed by atoms with Crippen LogP contribution in [0.1, 0.15) is 57.4 Å². The van der Waals surface area contributed by atoms with Crippen molar-refractivity contribution < 1.29 is 5.11 Å². The van der Waals surface area contributed by atoms with Gasteiger partial charge in [0.15, 0.2) is 0 Å². The molecule has 122 valence electrons. The van der Waals surface area contributed by atoms with E-state index in [0.29, 0.717) is 5.76 Å². The van der Waals surface area contributed by atoms with Crippen molar-refractivity contribution in [1.82, 2.24) is 0 Å². The minimum absolute atomic E-state index is 0.313. The van der Waals surface area contributed by atoms with Gasteiger partial charge in [0.2, 0.25) is 0 Å². The van der Waals surface area contributed by atoms with Gasteiger partial charge in [0.1, 0.15) is 0 Å². The Morgan fingerprint density at radius 3 is 2.35 bits per heavy atom. The molecule has 0 heterocycles. The van der Waals surface area contributed by atoms with E-state index in [1.165, 1.54) is 34.8 Å². The maximum atomic E-state index is 9.10. The van der Waals surface area contributed by atoms with Crippen LogP contribution < -0.4 is 0 Å². The second-order valence-electron chi connectivity index (χ2n) is 6.18. The molecule has 2 rings (SSSR count). The maximum Gasteiger partial charge on any atom is 0.0851 e. The molecule has 0 aliphatic rings. The van der Waals surface area contributed by atoms with Gasteiger partial charge < -0.3 is 5.11 Å². The number of allylic oxidation sites excluding steroid dienone is 3. The zero-order valence-corrected chi connectivity index (χ0v) is 14.2. The quantitative estimate of drug-likeness (QED) is 0.389. The summed E-state index contributed by atoms with van der Waals surface area (Å²) in [6, 6.07) is 15.3. The lowest BCUT2D eigenvalue weighted by Crippen LogP contribution is -1.88. The predicted molar refractivity (Wildman–Crippen MR) is 102 cm³/mol. The number of hydrogen-bond acceptors (Lipinski definition) is 1. The van der Waals surface area contributed by atoms with Crippen LogP contribution in [0.2, 0.25) is 0 Å². The summed E-state index contributed by atoms with van der Waals surface area (Å²) in [5, 5.41) is 11.7. The van der Waals surface area contributed by atoms with E-state index in [2.05, 4.69) is 62.0 Å². The summed E-state index contributed by atoms with van der Waals surface area (Å²) in [6.45, 7) is 5.74. The zero-order valence-electron chi connectivity index (χ0n) is 14.2. The third-order valence-electron chi connectivity index (χ3n) is 4.23. The van der Waals surface area contributed by atoms with Crippen LogP contribution in [-0.4, -0.2) is 5.11 Å². The molecule has 1 N–H and O–H groups in total. The van der Waals surface area contributed by atoms with Crippen molar-refractivity contribution in [2.24, 2.45) is 0 Å². The van der Waals surface area contributed by atoms with Gasteiger partial charge in [0.05, 0.1) is 5.76 Å². The van der Waals surface area contributed by atoms with Crippen LogP contribution in [0.15, 0.2) is 60.9 Å². The van der Waals surface area contributed by atoms with Gasteiger partial charge in [-0.05, 0) is 53.7 Å². The van der Waals surface area contributed by atoms with Crippen LogP contribution in [-0.2, 0) is 0 Å². The summed E-state index contributed by atoms with van der Waals surface area (Å²) in [5.74, 6) is 0.313. The van der Waals surface area contributed by atoms with Gasteiger partial charge in [-0.15, -0.1) is 0 Å². The molecule has 23 heavy (non-hydrogen) atoms. The number of aliphatic hydroxyl groups excluding tert-OH is 1. The minimum Gasteiger partial charge on any atom is -0.513 e. The minimum atomic E-state index is 0.313. The van der Waals surface area contributed by atoms with Crippen LogP contribution in [0.5, 0.6) is 0 Å². The number of fused-ring (bicyclic) bond motifs is 1. The van der Waals surface area contributed by atoms with E-state index in [1.807, 2.05) is 0 Å². The summed E-state index contributed by atoms with van der Waals surface area (Å²) in [4.78, 5) is 0. The smallest absolute Gasteiger partial charge is 0.0851 e. The number of hydrogen-bond donors (Lipinski definition) is 1. The predicted octanol–water partition coefficient (Wildman–Crippen LogP) is 7.05. The molecule has 1 nitrogen and oxygen atoms in total. The average molecular weight is 308 g/mol. The molecule has 0 atom stereocenters. The Kier molecular flexibility index (Phi) is 6.93. The lowest BCUT2D eigenvalue weighted by Gasteiger charge is -2.10. The van der Waals surface area contributed by atoms with Gasteiger partial charge in [-0.1, -0.05) is 68.8 Å². The molecule has 0 saturated carbocycles. The van der Waals surface area contributed by atoms with Crippen LogP contribution >= 0.6 is 0 Å². The highest BCUT2D eigenvalue weighted by Crippen LogP contribution is 2.26. The molecule has 0 spiro atoms. The first-order valence-corrected chi connectivity index (χ1v) is 8.75. The van der Waals surface area contributed by atoms with Crippen LogP contribution in [0.25, 0.3) is 16.3 Å². The first kappa shape index (κ1) is 17.3. The molecule has 0 fully saturated rings. The molecule has 0 aromatic heterocycles. The molecule has 2 aromatic carbocycles. The van der Waals surface area contributed by atoms with Gasteiger partial charge in [-0.2, -0.15) is 0 Å². The second-order valence-corrected chi connectivity index (χ2v) is 6.18. The summed E-state index contributed by atoms with van der Waals surface area (Å²) >= 11 is 0. The Balaban J connectivity index is 1.94. The van der Waals surface area contributed by atoms with Gasteiger partial charge >= 0.3 is 0 Å². The van der Waals surface area contributed by atoms with Crippen LogP contribution in [0.4, 0.5) is 0 Å². The second kappa shape index (κ2) is 9.19. The molecule has 2 aromatic rings. The van der Waals surface area contributed by atoms with Gasteiger partial charge in [-0.25, -0.2) is 0 Å². The largest absolute Gasteiger partial charge is 0.513 e. The first-order chi connectivity index (χ1) is 11.2. The van der Waals surface area contributed by atoms with Crippen molar-refractivity contribution in [2.45, 2.75) is 51.9 Å². The fraction of sp³-hybridized carbons (Fsp3) is 0.364. The van der Waals surface area contributed by atoms with Gasteiger partial charge in [0.25, 0.3) is 0 Å². The summed E-state index contributed by atoms with van der Waals surface area (Å²) < 4.78 is 0. The van der Waals surface area contributed by atoms with E-state index in [4.69, 9.17) is 5.11 Å². The van der Waals surface area contributed by atoms with Gasteiger partial charge in [0, 0.05) is 6.42 Å². The fourth-order valence-corrected chi connectivity index (χ4v) is 3.00. The van der Waals surface area contributed by atoms with Crippen LogP contribution in [0, 0.1) is 0 Å². The zero-order chi connectivity index (χ0) is 16.5. The van der Waals surface area contributed by atoms with Gasteiger partial charge in [-0.3, -0.25) is 0 Å². The van der Waals surface area contributed by atoms with E-state index in [-0.39, 0.29) is 0 Å². The lowest BCUT2D eigenvalue weighted by atomic mass is 9.96. The topological polar surface area (TPSA) is 20.2 Å². The third-order valence-corrected chi connectivity index (χ3v) is 4.23.